The minimum atomic E-state index is -0.0577. The van der Waals surface area contributed by atoms with Gasteiger partial charge >= 0.3 is 0 Å². The number of benzene rings is 1. The van der Waals surface area contributed by atoms with E-state index in [0.29, 0.717) is 18.0 Å². The second kappa shape index (κ2) is 5.84. The molecule has 0 aromatic heterocycles. The van der Waals surface area contributed by atoms with Gasteiger partial charge in [-0.2, -0.15) is 0 Å². The SMILES string of the molecule is CC1OCCC1CNC(=O)c1ccc(NN)cc1. The molecule has 98 valence electrons. The molecule has 1 heterocycles. The van der Waals surface area contributed by atoms with Crippen LogP contribution in [0.15, 0.2) is 24.3 Å². The summed E-state index contributed by atoms with van der Waals surface area (Å²) in [7, 11) is 0. The minimum absolute atomic E-state index is 0.0577. The lowest BCUT2D eigenvalue weighted by molar-refractivity contribution is 0.0907. The molecule has 1 aromatic carbocycles. The lowest BCUT2D eigenvalue weighted by atomic mass is 10.0. The van der Waals surface area contributed by atoms with Crippen molar-refractivity contribution in [3.05, 3.63) is 29.8 Å². The maximum atomic E-state index is 11.9. The molecule has 1 aliphatic rings. The second-order valence-corrected chi connectivity index (χ2v) is 4.56. The summed E-state index contributed by atoms with van der Waals surface area (Å²) in [4.78, 5) is 11.9. The molecule has 1 aliphatic heterocycles. The van der Waals surface area contributed by atoms with Gasteiger partial charge in [-0.3, -0.25) is 10.6 Å². The van der Waals surface area contributed by atoms with Gasteiger partial charge in [0.25, 0.3) is 5.91 Å². The summed E-state index contributed by atoms with van der Waals surface area (Å²) in [5.74, 6) is 5.63. The number of ether oxygens (including phenoxy) is 1. The Bertz CT molecular complexity index is 405. The number of hydrazine groups is 1. The highest BCUT2D eigenvalue weighted by Crippen LogP contribution is 2.19. The molecular weight excluding hydrogens is 230 g/mol. The Morgan fingerprint density at radius 3 is 2.72 bits per heavy atom. The number of carbonyl (C=O) groups is 1. The van der Waals surface area contributed by atoms with Crippen molar-refractivity contribution < 1.29 is 9.53 Å². The molecule has 0 saturated carbocycles. The van der Waals surface area contributed by atoms with Crippen LogP contribution in [0.3, 0.4) is 0 Å². The van der Waals surface area contributed by atoms with Gasteiger partial charge in [0.1, 0.15) is 0 Å². The number of rotatable bonds is 4. The fraction of sp³-hybridized carbons (Fsp3) is 0.462. The molecule has 5 nitrogen and oxygen atoms in total. The van der Waals surface area contributed by atoms with Crippen LogP contribution < -0.4 is 16.6 Å². The summed E-state index contributed by atoms with van der Waals surface area (Å²) < 4.78 is 5.46. The van der Waals surface area contributed by atoms with Crippen molar-refractivity contribution >= 4 is 11.6 Å². The molecule has 1 amide bonds. The predicted molar refractivity (Wildman–Crippen MR) is 70.1 cm³/mol. The number of nitrogens with one attached hydrogen (secondary N) is 2. The average molecular weight is 249 g/mol. The quantitative estimate of drug-likeness (QED) is 0.552. The molecule has 2 unspecified atom stereocenters. The van der Waals surface area contributed by atoms with E-state index in [9.17, 15) is 4.79 Å². The number of amides is 1. The van der Waals surface area contributed by atoms with Gasteiger partial charge in [0.05, 0.1) is 6.10 Å². The molecule has 4 N–H and O–H groups in total. The van der Waals surface area contributed by atoms with Crippen LogP contribution in [0.25, 0.3) is 0 Å². The zero-order valence-electron chi connectivity index (χ0n) is 10.5. The van der Waals surface area contributed by atoms with Crippen molar-refractivity contribution in [1.82, 2.24) is 5.32 Å². The highest BCUT2D eigenvalue weighted by Gasteiger charge is 2.24. The topological polar surface area (TPSA) is 76.4 Å². The summed E-state index contributed by atoms with van der Waals surface area (Å²) >= 11 is 0. The van der Waals surface area contributed by atoms with Gasteiger partial charge in [-0.15, -0.1) is 0 Å². The molecule has 2 atom stereocenters. The van der Waals surface area contributed by atoms with Crippen LogP contribution in [0, 0.1) is 5.92 Å². The van der Waals surface area contributed by atoms with E-state index in [1.54, 1.807) is 24.3 Å². The molecule has 1 saturated heterocycles. The maximum absolute atomic E-state index is 11.9. The average Bonchev–Trinajstić information content (AvgIpc) is 2.81. The number of hydrogen-bond donors (Lipinski definition) is 3. The predicted octanol–water partition coefficient (Wildman–Crippen LogP) is 1.13. The van der Waals surface area contributed by atoms with Crippen LogP contribution in [0.4, 0.5) is 5.69 Å². The third kappa shape index (κ3) is 3.00. The first-order valence-electron chi connectivity index (χ1n) is 6.17. The molecule has 2 rings (SSSR count). The van der Waals surface area contributed by atoms with Crippen LogP contribution in [0.5, 0.6) is 0 Å². The Morgan fingerprint density at radius 1 is 1.44 bits per heavy atom. The summed E-state index contributed by atoms with van der Waals surface area (Å²) in [6, 6.07) is 7.05. The number of carbonyl (C=O) groups excluding carboxylic acids is 1. The number of anilines is 1. The van der Waals surface area contributed by atoms with Gasteiger partial charge in [0.2, 0.25) is 0 Å². The van der Waals surface area contributed by atoms with Crippen LogP contribution >= 0.6 is 0 Å². The molecule has 5 heteroatoms. The molecule has 0 aliphatic carbocycles. The number of nitrogens with two attached hydrogens (primary N) is 1. The Balaban J connectivity index is 1.87. The van der Waals surface area contributed by atoms with Gasteiger partial charge in [0.15, 0.2) is 0 Å². The zero-order chi connectivity index (χ0) is 13.0. The standard InChI is InChI=1S/C13H19N3O2/c1-9-11(6-7-18-9)8-15-13(17)10-2-4-12(16-14)5-3-10/h2-5,9,11,16H,6-8,14H2,1H3,(H,15,17). The third-order valence-corrected chi connectivity index (χ3v) is 3.37. The smallest absolute Gasteiger partial charge is 0.251 e. The van der Waals surface area contributed by atoms with E-state index in [1.165, 1.54) is 0 Å². The van der Waals surface area contributed by atoms with Crippen molar-refractivity contribution in [3.8, 4) is 0 Å². The molecule has 0 bridgehead atoms. The van der Waals surface area contributed by atoms with Crippen LogP contribution in [-0.2, 0) is 4.74 Å². The summed E-state index contributed by atoms with van der Waals surface area (Å²) in [5.41, 5.74) is 3.95. The van der Waals surface area contributed by atoms with Crippen LogP contribution in [-0.4, -0.2) is 25.2 Å². The monoisotopic (exact) mass is 249 g/mol. The fourth-order valence-corrected chi connectivity index (χ4v) is 2.09. The van der Waals surface area contributed by atoms with E-state index in [-0.39, 0.29) is 12.0 Å². The summed E-state index contributed by atoms with van der Waals surface area (Å²) in [6.07, 6.45) is 1.24. The highest BCUT2D eigenvalue weighted by molar-refractivity contribution is 5.94. The number of hydrogen-bond acceptors (Lipinski definition) is 4. The third-order valence-electron chi connectivity index (χ3n) is 3.37. The first-order valence-corrected chi connectivity index (χ1v) is 6.17. The van der Waals surface area contributed by atoms with Gasteiger partial charge in [0, 0.05) is 30.3 Å². The van der Waals surface area contributed by atoms with Gasteiger partial charge < -0.3 is 15.5 Å². The minimum Gasteiger partial charge on any atom is -0.378 e. The van der Waals surface area contributed by atoms with E-state index in [0.717, 1.165) is 18.7 Å². The van der Waals surface area contributed by atoms with Crippen molar-refractivity contribution in [2.75, 3.05) is 18.6 Å². The van der Waals surface area contributed by atoms with Gasteiger partial charge in [-0.05, 0) is 37.6 Å². The van der Waals surface area contributed by atoms with E-state index in [2.05, 4.69) is 10.7 Å². The van der Waals surface area contributed by atoms with Crippen molar-refractivity contribution in [3.63, 3.8) is 0 Å². The number of nitrogen functional groups attached to an aromatic ring is 1. The van der Waals surface area contributed by atoms with E-state index >= 15 is 0 Å². The maximum Gasteiger partial charge on any atom is 0.251 e. The highest BCUT2D eigenvalue weighted by atomic mass is 16.5. The molecule has 1 aromatic rings. The molecule has 1 fully saturated rings. The molecular formula is C13H19N3O2. The largest absolute Gasteiger partial charge is 0.378 e. The van der Waals surface area contributed by atoms with Crippen molar-refractivity contribution in [2.24, 2.45) is 11.8 Å². The van der Waals surface area contributed by atoms with Gasteiger partial charge in [-0.25, -0.2) is 0 Å². The van der Waals surface area contributed by atoms with E-state index < -0.39 is 0 Å². The zero-order valence-corrected chi connectivity index (χ0v) is 10.5. The summed E-state index contributed by atoms with van der Waals surface area (Å²) in [6.45, 7) is 3.50. The normalized spacial score (nSPS) is 22.8. The Kier molecular flexibility index (Phi) is 4.17. The van der Waals surface area contributed by atoms with Crippen LogP contribution in [0.1, 0.15) is 23.7 Å². The van der Waals surface area contributed by atoms with E-state index in [4.69, 9.17) is 10.6 Å². The summed E-state index contributed by atoms with van der Waals surface area (Å²) in [5, 5.41) is 2.94. The Morgan fingerprint density at radius 2 is 2.17 bits per heavy atom. The van der Waals surface area contributed by atoms with Crippen molar-refractivity contribution in [2.45, 2.75) is 19.4 Å². The fourth-order valence-electron chi connectivity index (χ4n) is 2.09. The molecule has 0 spiro atoms. The Hall–Kier alpha value is -1.59. The lowest BCUT2D eigenvalue weighted by Crippen LogP contribution is -2.31. The first-order chi connectivity index (χ1) is 8.70. The van der Waals surface area contributed by atoms with E-state index in [1.807, 2.05) is 6.92 Å². The van der Waals surface area contributed by atoms with Crippen LogP contribution in [0.2, 0.25) is 0 Å². The second-order valence-electron chi connectivity index (χ2n) is 4.56. The van der Waals surface area contributed by atoms with Crippen molar-refractivity contribution in [1.29, 1.82) is 0 Å². The molecule has 18 heavy (non-hydrogen) atoms. The Labute approximate surface area is 107 Å². The molecule has 0 radical (unpaired) electrons. The van der Waals surface area contributed by atoms with Gasteiger partial charge in [-0.1, -0.05) is 0 Å². The lowest BCUT2D eigenvalue weighted by Gasteiger charge is -2.14. The first kappa shape index (κ1) is 12.9.